The molecule has 0 saturated carbocycles. The summed E-state index contributed by atoms with van der Waals surface area (Å²) in [5.74, 6) is 0.610. The topological polar surface area (TPSA) is 53.8 Å². The average Bonchev–Trinajstić information content (AvgIpc) is 2.94. The van der Waals surface area contributed by atoms with Crippen molar-refractivity contribution >= 4 is 22.6 Å². The highest BCUT2D eigenvalue weighted by Crippen LogP contribution is 2.29. The van der Waals surface area contributed by atoms with Gasteiger partial charge in [-0.3, -0.25) is 4.79 Å². The molecule has 0 bridgehead atoms. The third-order valence-corrected chi connectivity index (χ3v) is 4.43. The minimum Gasteiger partial charge on any atom is -0.379 e. The normalized spacial score (nSPS) is 16.1. The molecule has 0 amide bonds. The molecule has 0 unspecified atom stereocenters. The summed E-state index contributed by atoms with van der Waals surface area (Å²) in [5, 5.41) is 11.7. The summed E-state index contributed by atoms with van der Waals surface area (Å²) in [6.07, 6.45) is 0. The summed E-state index contributed by atoms with van der Waals surface area (Å²) < 4.78 is 0. The molecule has 23 heavy (non-hydrogen) atoms. The van der Waals surface area contributed by atoms with Crippen LogP contribution in [0.3, 0.4) is 0 Å². The molecule has 0 aromatic heterocycles. The second-order valence-corrected chi connectivity index (χ2v) is 6.16. The van der Waals surface area contributed by atoms with Gasteiger partial charge in [-0.05, 0) is 24.6 Å². The Labute approximate surface area is 139 Å². The van der Waals surface area contributed by atoms with Crippen molar-refractivity contribution in [3.63, 3.8) is 0 Å². The standard InChI is InChI=1S/C18H17N3OS/c1-13(14-8-4-2-5-9-14)19-16-12-23-18(22)17(16)21-20-15-10-6-3-7-11-15/h2-11,13,19H,12H2,1H3/t13-/m1/s1. The maximum atomic E-state index is 12.0. The summed E-state index contributed by atoms with van der Waals surface area (Å²) >= 11 is 1.26. The molecule has 4 nitrogen and oxygen atoms in total. The van der Waals surface area contributed by atoms with Crippen LogP contribution in [-0.2, 0) is 4.79 Å². The number of carbonyl (C=O) groups excluding carboxylic acids is 1. The van der Waals surface area contributed by atoms with Crippen LogP contribution in [0.2, 0.25) is 0 Å². The third kappa shape index (κ3) is 3.87. The van der Waals surface area contributed by atoms with Crippen molar-refractivity contribution in [3.05, 3.63) is 77.6 Å². The van der Waals surface area contributed by atoms with Crippen LogP contribution >= 0.6 is 11.8 Å². The maximum absolute atomic E-state index is 12.0. The van der Waals surface area contributed by atoms with Crippen LogP contribution in [0.15, 0.2) is 82.3 Å². The summed E-state index contributed by atoms with van der Waals surface area (Å²) in [6.45, 7) is 2.07. The number of rotatable bonds is 5. The SMILES string of the molecule is C[C@@H](NC1=C(N=Nc2ccccc2)C(=O)SC1)c1ccccc1. The highest BCUT2D eigenvalue weighted by molar-refractivity contribution is 8.14. The van der Waals surface area contributed by atoms with Crippen molar-refractivity contribution in [1.29, 1.82) is 0 Å². The fourth-order valence-corrected chi connectivity index (χ4v) is 3.09. The highest BCUT2D eigenvalue weighted by atomic mass is 32.2. The Morgan fingerprint density at radius 2 is 1.65 bits per heavy atom. The van der Waals surface area contributed by atoms with E-state index in [-0.39, 0.29) is 11.2 Å². The summed E-state index contributed by atoms with van der Waals surface area (Å²) in [4.78, 5) is 12.0. The molecular weight excluding hydrogens is 306 g/mol. The van der Waals surface area contributed by atoms with Gasteiger partial charge in [-0.2, -0.15) is 5.11 Å². The lowest BCUT2D eigenvalue weighted by molar-refractivity contribution is -0.107. The first kappa shape index (κ1) is 15.5. The number of thioether (sulfide) groups is 1. The summed E-state index contributed by atoms with van der Waals surface area (Å²) in [5.41, 5.74) is 3.17. The van der Waals surface area contributed by atoms with E-state index >= 15 is 0 Å². The Morgan fingerprint density at radius 3 is 2.35 bits per heavy atom. The number of hydrogen-bond acceptors (Lipinski definition) is 5. The molecule has 1 aliphatic rings. The second kappa shape index (κ2) is 7.24. The van der Waals surface area contributed by atoms with Crippen molar-refractivity contribution in [2.24, 2.45) is 10.2 Å². The van der Waals surface area contributed by atoms with Crippen molar-refractivity contribution < 1.29 is 4.79 Å². The smallest absolute Gasteiger partial charge is 0.241 e. The van der Waals surface area contributed by atoms with E-state index in [9.17, 15) is 4.79 Å². The maximum Gasteiger partial charge on any atom is 0.241 e. The Kier molecular flexibility index (Phi) is 4.88. The zero-order valence-corrected chi connectivity index (χ0v) is 13.6. The second-order valence-electron chi connectivity index (χ2n) is 5.22. The van der Waals surface area contributed by atoms with Gasteiger partial charge < -0.3 is 5.32 Å². The number of hydrogen-bond donors (Lipinski definition) is 1. The lowest BCUT2D eigenvalue weighted by Crippen LogP contribution is -2.19. The lowest BCUT2D eigenvalue weighted by Gasteiger charge is -2.16. The van der Waals surface area contributed by atoms with E-state index in [1.165, 1.54) is 17.3 Å². The Balaban J connectivity index is 1.79. The predicted molar refractivity (Wildman–Crippen MR) is 93.4 cm³/mol. The molecule has 0 saturated heterocycles. The van der Waals surface area contributed by atoms with E-state index in [4.69, 9.17) is 0 Å². The zero-order chi connectivity index (χ0) is 16.1. The van der Waals surface area contributed by atoms with E-state index < -0.39 is 0 Å². The van der Waals surface area contributed by atoms with Crippen molar-refractivity contribution in [2.75, 3.05) is 5.75 Å². The van der Waals surface area contributed by atoms with Crippen LogP contribution in [0, 0.1) is 0 Å². The largest absolute Gasteiger partial charge is 0.379 e. The molecule has 5 heteroatoms. The first-order valence-electron chi connectivity index (χ1n) is 7.42. The van der Waals surface area contributed by atoms with Crippen LogP contribution in [0.1, 0.15) is 18.5 Å². The van der Waals surface area contributed by atoms with Gasteiger partial charge in [0.25, 0.3) is 0 Å². The van der Waals surface area contributed by atoms with Gasteiger partial charge in [-0.25, -0.2) is 0 Å². The van der Waals surface area contributed by atoms with Gasteiger partial charge in [-0.15, -0.1) is 5.11 Å². The van der Waals surface area contributed by atoms with Gasteiger partial charge in [0.15, 0.2) is 5.70 Å². The van der Waals surface area contributed by atoms with Crippen LogP contribution in [-0.4, -0.2) is 10.9 Å². The van der Waals surface area contributed by atoms with Gasteiger partial charge in [0.05, 0.1) is 11.4 Å². The van der Waals surface area contributed by atoms with E-state index in [0.717, 1.165) is 11.4 Å². The summed E-state index contributed by atoms with van der Waals surface area (Å²) in [6, 6.07) is 19.7. The van der Waals surface area contributed by atoms with Crippen molar-refractivity contribution in [3.8, 4) is 0 Å². The van der Waals surface area contributed by atoms with Gasteiger partial charge in [0.1, 0.15) is 0 Å². The molecule has 116 valence electrons. The van der Waals surface area contributed by atoms with E-state index in [1.807, 2.05) is 48.5 Å². The molecule has 1 N–H and O–H groups in total. The average molecular weight is 323 g/mol. The van der Waals surface area contributed by atoms with Gasteiger partial charge >= 0.3 is 0 Å². The molecule has 0 radical (unpaired) electrons. The molecule has 2 aromatic rings. The monoisotopic (exact) mass is 323 g/mol. The molecule has 1 heterocycles. The summed E-state index contributed by atoms with van der Waals surface area (Å²) in [7, 11) is 0. The third-order valence-electron chi connectivity index (χ3n) is 3.54. The Hall–Kier alpha value is -2.40. The first-order valence-corrected chi connectivity index (χ1v) is 8.41. The molecule has 0 aliphatic carbocycles. The van der Waals surface area contributed by atoms with Crippen LogP contribution in [0.5, 0.6) is 0 Å². The first-order chi connectivity index (χ1) is 11.2. The van der Waals surface area contributed by atoms with Crippen molar-refractivity contribution in [2.45, 2.75) is 13.0 Å². The highest BCUT2D eigenvalue weighted by Gasteiger charge is 2.25. The van der Waals surface area contributed by atoms with Crippen molar-refractivity contribution in [1.82, 2.24) is 5.32 Å². The minimum atomic E-state index is -0.0348. The van der Waals surface area contributed by atoms with E-state index in [0.29, 0.717) is 11.4 Å². The number of nitrogens with one attached hydrogen (secondary N) is 1. The molecule has 0 fully saturated rings. The molecule has 1 aliphatic heterocycles. The number of nitrogens with zero attached hydrogens (tertiary/aromatic N) is 2. The van der Waals surface area contributed by atoms with E-state index in [1.54, 1.807) is 0 Å². The van der Waals surface area contributed by atoms with Gasteiger partial charge in [-0.1, -0.05) is 60.3 Å². The van der Waals surface area contributed by atoms with Gasteiger partial charge in [0, 0.05) is 11.8 Å². The quantitative estimate of drug-likeness (QED) is 0.818. The van der Waals surface area contributed by atoms with Gasteiger partial charge in [0.2, 0.25) is 5.12 Å². The fourth-order valence-electron chi connectivity index (χ4n) is 2.30. The number of benzene rings is 2. The molecule has 1 atom stereocenters. The fraction of sp³-hybridized carbons (Fsp3) is 0.167. The van der Waals surface area contributed by atoms with E-state index in [2.05, 4.69) is 34.6 Å². The van der Waals surface area contributed by atoms with Crippen LogP contribution in [0.25, 0.3) is 0 Å². The molecule has 2 aromatic carbocycles. The minimum absolute atomic E-state index is 0.0348. The number of azo groups is 1. The molecular formula is C18H17N3OS. The molecule has 0 spiro atoms. The Bertz CT molecular complexity index is 741. The van der Waals surface area contributed by atoms with Crippen LogP contribution < -0.4 is 5.32 Å². The van der Waals surface area contributed by atoms with Crippen LogP contribution in [0.4, 0.5) is 5.69 Å². The number of carbonyl (C=O) groups is 1. The molecule has 3 rings (SSSR count). The Morgan fingerprint density at radius 1 is 1.00 bits per heavy atom. The predicted octanol–water partition coefficient (Wildman–Crippen LogP) is 4.61. The lowest BCUT2D eigenvalue weighted by atomic mass is 10.1. The zero-order valence-electron chi connectivity index (χ0n) is 12.8.